The summed E-state index contributed by atoms with van der Waals surface area (Å²) in [6, 6.07) is 7.55. The lowest BCUT2D eigenvalue weighted by atomic mass is 10.1. The van der Waals surface area contributed by atoms with Crippen molar-refractivity contribution in [2.45, 2.75) is 64.8 Å². The van der Waals surface area contributed by atoms with Gasteiger partial charge < -0.3 is 20.1 Å². The number of nitrogens with one attached hydrogen (secondary N) is 3. The van der Waals surface area contributed by atoms with Crippen molar-refractivity contribution in [3.63, 3.8) is 0 Å². The zero-order chi connectivity index (χ0) is 27.1. The van der Waals surface area contributed by atoms with Crippen molar-refractivity contribution < 1.29 is 28.7 Å². The molecule has 0 heterocycles. The number of nitrogens with zero attached hydrogens (tertiary/aromatic N) is 4. The van der Waals surface area contributed by atoms with Gasteiger partial charge in [0.15, 0.2) is 0 Å². The summed E-state index contributed by atoms with van der Waals surface area (Å²) in [5, 5.41) is 9.80. The number of carbonyl (C=O) groups excluding carboxylic acids is 4. The number of alkyl carbamates (subject to hydrolysis) is 1. The van der Waals surface area contributed by atoms with Crippen molar-refractivity contribution in [3.05, 3.63) is 46.3 Å². The van der Waals surface area contributed by atoms with Gasteiger partial charge in [-0.15, -0.1) is 0 Å². The first-order valence-corrected chi connectivity index (χ1v) is 11.4. The van der Waals surface area contributed by atoms with Crippen LogP contribution < -0.4 is 16.1 Å². The van der Waals surface area contributed by atoms with Gasteiger partial charge in [0.2, 0.25) is 11.8 Å². The average molecular weight is 506 g/mol. The molecule has 0 spiro atoms. The van der Waals surface area contributed by atoms with E-state index in [1.807, 2.05) is 30.3 Å². The molecule has 0 bridgehead atoms. The van der Waals surface area contributed by atoms with E-state index < -0.39 is 41.6 Å². The van der Waals surface area contributed by atoms with E-state index in [0.29, 0.717) is 0 Å². The molecule has 0 saturated heterocycles. The Kier molecular flexibility index (Phi) is 12.8. The molecule has 2 atom stereocenters. The van der Waals surface area contributed by atoms with Crippen LogP contribution in [-0.4, -0.2) is 66.7 Å². The first-order chi connectivity index (χ1) is 16.9. The summed E-state index contributed by atoms with van der Waals surface area (Å²) in [4.78, 5) is 51.6. The quantitative estimate of drug-likeness (QED) is 0.121. The topological polar surface area (TPSA) is 175 Å². The molecule has 0 fully saturated rings. The predicted octanol–water partition coefficient (Wildman–Crippen LogP) is 2.18. The molecule has 1 aromatic rings. The summed E-state index contributed by atoms with van der Waals surface area (Å²) in [6.45, 7) is 6.53. The van der Waals surface area contributed by atoms with Crippen LogP contribution in [0.5, 0.6) is 0 Å². The highest BCUT2D eigenvalue weighted by Gasteiger charge is 2.24. The SMILES string of the molecule is C[C@H](NC(=O)OC(C)(C)C)C(=O)N[C@@H](CCN=[N+]=[N-])CC(=O)NN(C)CC(=O)OCc1ccccc1. The first-order valence-electron chi connectivity index (χ1n) is 11.4. The van der Waals surface area contributed by atoms with Gasteiger partial charge in [-0.2, -0.15) is 0 Å². The monoisotopic (exact) mass is 505 g/mol. The molecule has 0 unspecified atom stereocenters. The van der Waals surface area contributed by atoms with Gasteiger partial charge in [-0.05, 0) is 45.2 Å². The molecule has 13 heteroatoms. The number of rotatable bonds is 13. The molecule has 0 radical (unpaired) electrons. The lowest BCUT2D eigenvalue weighted by molar-refractivity contribution is -0.147. The summed E-state index contributed by atoms with van der Waals surface area (Å²) in [7, 11) is 1.50. The second-order valence-electron chi connectivity index (χ2n) is 9.06. The fraction of sp³-hybridized carbons (Fsp3) is 0.565. The molecule has 1 rings (SSSR count). The highest BCUT2D eigenvalue weighted by atomic mass is 16.6. The second-order valence-corrected chi connectivity index (χ2v) is 9.06. The maximum atomic E-state index is 12.5. The minimum absolute atomic E-state index is 0.0459. The number of hydrogen-bond donors (Lipinski definition) is 3. The van der Waals surface area contributed by atoms with Crippen LogP contribution in [0.1, 0.15) is 46.1 Å². The minimum atomic E-state index is -0.938. The summed E-state index contributed by atoms with van der Waals surface area (Å²) < 4.78 is 10.3. The highest BCUT2D eigenvalue weighted by molar-refractivity contribution is 5.86. The molecule has 198 valence electrons. The Morgan fingerprint density at radius 1 is 1.14 bits per heavy atom. The summed E-state index contributed by atoms with van der Waals surface area (Å²) in [5.41, 5.74) is 11.2. The van der Waals surface area contributed by atoms with E-state index >= 15 is 0 Å². The normalized spacial score (nSPS) is 12.5. The standard InChI is InChI=1S/C23H35N7O6/c1-16(26-22(34)36-23(2,3)4)21(33)27-18(11-12-25-29-24)13-19(31)28-30(5)14-20(32)35-15-17-9-7-6-8-10-17/h6-10,16,18H,11-15H2,1-5H3,(H,26,34)(H,27,33)(H,28,31)/t16-,18-/m0/s1. The number of hydrogen-bond acceptors (Lipinski definition) is 8. The molecule has 1 aromatic carbocycles. The van der Waals surface area contributed by atoms with E-state index in [1.165, 1.54) is 19.0 Å². The Balaban J connectivity index is 2.57. The average Bonchev–Trinajstić information content (AvgIpc) is 2.76. The lowest BCUT2D eigenvalue weighted by Crippen LogP contribution is -2.51. The van der Waals surface area contributed by atoms with Crippen LogP contribution in [0.3, 0.4) is 0 Å². The van der Waals surface area contributed by atoms with Crippen LogP contribution in [0.2, 0.25) is 0 Å². The Morgan fingerprint density at radius 2 is 1.81 bits per heavy atom. The van der Waals surface area contributed by atoms with E-state index in [1.54, 1.807) is 20.8 Å². The van der Waals surface area contributed by atoms with Crippen LogP contribution in [0, 0.1) is 0 Å². The van der Waals surface area contributed by atoms with Crippen LogP contribution in [-0.2, 0) is 30.5 Å². The molecule has 0 saturated carbocycles. The van der Waals surface area contributed by atoms with Crippen molar-refractivity contribution in [3.8, 4) is 0 Å². The lowest BCUT2D eigenvalue weighted by Gasteiger charge is -2.24. The number of amides is 3. The van der Waals surface area contributed by atoms with E-state index in [-0.39, 0.29) is 32.5 Å². The maximum Gasteiger partial charge on any atom is 0.408 e. The fourth-order valence-electron chi connectivity index (χ4n) is 2.86. The van der Waals surface area contributed by atoms with E-state index in [4.69, 9.17) is 15.0 Å². The minimum Gasteiger partial charge on any atom is -0.460 e. The molecule has 0 aliphatic rings. The highest BCUT2D eigenvalue weighted by Crippen LogP contribution is 2.07. The van der Waals surface area contributed by atoms with Crippen LogP contribution in [0.15, 0.2) is 35.4 Å². The molecule has 0 aliphatic heterocycles. The van der Waals surface area contributed by atoms with Crippen LogP contribution >= 0.6 is 0 Å². The molecule has 3 N–H and O–H groups in total. The Labute approximate surface area is 210 Å². The molecule has 0 aromatic heterocycles. The second kappa shape index (κ2) is 15.2. The van der Waals surface area contributed by atoms with Gasteiger partial charge in [0.25, 0.3) is 0 Å². The largest absolute Gasteiger partial charge is 0.460 e. The third kappa shape index (κ3) is 13.8. The number of carbonyl (C=O) groups is 4. The number of hydrazine groups is 1. The van der Waals surface area contributed by atoms with Crippen LogP contribution in [0.4, 0.5) is 4.79 Å². The Bertz CT molecular complexity index is 929. The van der Waals surface area contributed by atoms with Crippen LogP contribution in [0.25, 0.3) is 10.4 Å². The third-order valence-corrected chi connectivity index (χ3v) is 4.47. The maximum absolute atomic E-state index is 12.5. The molecular weight excluding hydrogens is 470 g/mol. The molecule has 3 amide bonds. The van der Waals surface area contributed by atoms with Crippen molar-refractivity contribution in [2.24, 2.45) is 5.11 Å². The van der Waals surface area contributed by atoms with Gasteiger partial charge in [0.1, 0.15) is 24.8 Å². The first kappa shape index (κ1) is 30.2. The molecule has 13 nitrogen and oxygen atoms in total. The zero-order valence-electron chi connectivity index (χ0n) is 21.3. The van der Waals surface area contributed by atoms with Gasteiger partial charge >= 0.3 is 12.1 Å². The number of esters is 1. The van der Waals surface area contributed by atoms with Crippen molar-refractivity contribution in [1.82, 2.24) is 21.1 Å². The van der Waals surface area contributed by atoms with Gasteiger partial charge in [-0.3, -0.25) is 19.8 Å². The fourth-order valence-corrected chi connectivity index (χ4v) is 2.86. The smallest absolute Gasteiger partial charge is 0.408 e. The molecule has 36 heavy (non-hydrogen) atoms. The zero-order valence-corrected chi connectivity index (χ0v) is 21.3. The van der Waals surface area contributed by atoms with E-state index in [2.05, 4.69) is 26.1 Å². The summed E-state index contributed by atoms with van der Waals surface area (Å²) >= 11 is 0. The summed E-state index contributed by atoms with van der Waals surface area (Å²) in [5.74, 6) is -1.55. The van der Waals surface area contributed by atoms with E-state index in [9.17, 15) is 19.2 Å². The third-order valence-electron chi connectivity index (χ3n) is 4.47. The van der Waals surface area contributed by atoms with Gasteiger partial charge in [0.05, 0.1) is 0 Å². The molecular formula is C23H35N7O6. The number of azide groups is 1. The summed E-state index contributed by atoms with van der Waals surface area (Å²) in [6.07, 6.45) is -0.727. The predicted molar refractivity (Wildman–Crippen MR) is 131 cm³/mol. The van der Waals surface area contributed by atoms with Gasteiger partial charge in [-0.25, -0.2) is 9.80 Å². The Hall–Kier alpha value is -3.83. The molecule has 0 aliphatic carbocycles. The number of likely N-dealkylation sites (N-methyl/N-ethyl adjacent to an activating group) is 1. The Morgan fingerprint density at radius 3 is 2.42 bits per heavy atom. The van der Waals surface area contributed by atoms with Gasteiger partial charge in [0, 0.05) is 31.0 Å². The number of ether oxygens (including phenoxy) is 2. The van der Waals surface area contributed by atoms with Crippen molar-refractivity contribution in [1.29, 1.82) is 0 Å². The van der Waals surface area contributed by atoms with E-state index in [0.717, 1.165) is 5.56 Å². The van der Waals surface area contributed by atoms with Gasteiger partial charge in [-0.1, -0.05) is 35.4 Å². The number of benzene rings is 1. The van der Waals surface area contributed by atoms with Crippen molar-refractivity contribution >= 4 is 23.9 Å². The van der Waals surface area contributed by atoms with Crippen molar-refractivity contribution in [2.75, 3.05) is 20.1 Å².